The summed E-state index contributed by atoms with van der Waals surface area (Å²) in [7, 11) is 0. The molecule has 1 amide bonds. The molecule has 0 unspecified atom stereocenters. The molecule has 1 rings (SSSR count). The second-order valence-corrected chi connectivity index (χ2v) is 2.76. The zero-order valence-electron chi connectivity index (χ0n) is 7.42. The lowest BCUT2D eigenvalue weighted by atomic mass is 10.1. The molecule has 0 aromatic heterocycles. The largest absolute Gasteiger partial charge is 0.344 e. The average molecular weight is 174 g/mol. The van der Waals surface area contributed by atoms with E-state index in [1.165, 1.54) is 5.56 Å². The van der Waals surface area contributed by atoms with Crippen LogP contribution in [0.25, 0.3) is 0 Å². The molecule has 2 heteroatoms. The molecular formula is C11H12NO. The van der Waals surface area contributed by atoms with Gasteiger partial charge in [0.1, 0.15) is 0 Å². The van der Waals surface area contributed by atoms with Gasteiger partial charge in [-0.05, 0) is 17.5 Å². The first-order chi connectivity index (χ1) is 6.36. The fourth-order valence-corrected chi connectivity index (χ4v) is 1.10. The van der Waals surface area contributed by atoms with Crippen molar-refractivity contribution in [2.24, 2.45) is 0 Å². The minimum Gasteiger partial charge on any atom is -0.344 e. The summed E-state index contributed by atoms with van der Waals surface area (Å²) in [6.07, 6.45) is 4.39. The molecule has 0 spiro atoms. The molecule has 0 aliphatic carbocycles. The number of amides is 1. The van der Waals surface area contributed by atoms with Gasteiger partial charge in [0.15, 0.2) is 0 Å². The van der Waals surface area contributed by atoms with Gasteiger partial charge in [-0.25, -0.2) is 0 Å². The second kappa shape index (κ2) is 5.14. The van der Waals surface area contributed by atoms with Gasteiger partial charge in [-0.2, -0.15) is 0 Å². The molecule has 1 aromatic rings. The molecule has 13 heavy (non-hydrogen) atoms. The van der Waals surface area contributed by atoms with E-state index in [1.807, 2.05) is 30.3 Å². The average Bonchev–Trinajstić information content (AvgIpc) is 2.17. The Morgan fingerprint density at radius 3 is 2.46 bits per heavy atom. The molecular weight excluding hydrogens is 162 g/mol. The monoisotopic (exact) mass is 174 g/mol. The highest BCUT2D eigenvalue weighted by molar-refractivity contribution is 5.47. The third kappa shape index (κ3) is 3.11. The Morgan fingerprint density at radius 2 is 1.92 bits per heavy atom. The predicted molar refractivity (Wildman–Crippen MR) is 52.9 cm³/mol. The van der Waals surface area contributed by atoms with Crippen molar-refractivity contribution in [2.45, 2.75) is 13.0 Å². The lowest BCUT2D eigenvalue weighted by Gasteiger charge is -2.00. The van der Waals surface area contributed by atoms with Gasteiger partial charge < -0.3 is 5.32 Å². The Morgan fingerprint density at radius 1 is 1.31 bits per heavy atom. The van der Waals surface area contributed by atoms with E-state index in [0.717, 1.165) is 12.0 Å². The third-order valence-corrected chi connectivity index (χ3v) is 1.77. The Hall–Kier alpha value is -1.57. The maximum Gasteiger partial charge on any atom is 0.309 e. The van der Waals surface area contributed by atoms with Crippen LogP contribution in [0.4, 0.5) is 0 Å². The van der Waals surface area contributed by atoms with Crippen LogP contribution in [0.5, 0.6) is 0 Å². The third-order valence-electron chi connectivity index (χ3n) is 1.77. The van der Waals surface area contributed by atoms with Crippen LogP contribution in [0, 0.1) is 0 Å². The predicted octanol–water partition coefficient (Wildman–Crippen LogP) is 1.57. The minimum atomic E-state index is 0.540. The normalized spacial score (nSPS) is 9.23. The molecule has 0 saturated heterocycles. The first-order valence-electron chi connectivity index (χ1n) is 4.15. The highest BCUT2D eigenvalue weighted by atomic mass is 16.1. The standard InChI is InChI=1S/C11H12NO/c1-2-3-10-4-6-11(7-5-10)8-12-9-13/h2,4-7H,1,3,8H2,(H,12,13). The van der Waals surface area contributed by atoms with Crippen LogP contribution in [-0.2, 0) is 17.8 Å². The van der Waals surface area contributed by atoms with Crippen LogP contribution in [-0.4, -0.2) is 6.41 Å². The van der Waals surface area contributed by atoms with Gasteiger partial charge >= 0.3 is 6.41 Å². The molecule has 0 fully saturated rings. The Kier molecular flexibility index (Phi) is 3.76. The van der Waals surface area contributed by atoms with Crippen molar-refractivity contribution in [2.75, 3.05) is 0 Å². The number of nitrogens with one attached hydrogen (secondary N) is 1. The SMILES string of the molecule is C=CCc1ccc(CN[C]=O)cc1. The molecule has 1 radical (unpaired) electrons. The van der Waals surface area contributed by atoms with Gasteiger partial charge in [0.25, 0.3) is 0 Å². The molecule has 0 saturated carbocycles. The number of carbonyl (C=O) groups excluding carboxylic acids is 1. The van der Waals surface area contributed by atoms with Crippen molar-refractivity contribution in [3.63, 3.8) is 0 Å². The molecule has 0 heterocycles. The highest BCUT2D eigenvalue weighted by Gasteiger charge is 1.92. The van der Waals surface area contributed by atoms with Crippen LogP contribution in [0.3, 0.4) is 0 Å². The summed E-state index contributed by atoms with van der Waals surface area (Å²) in [6, 6.07) is 8.04. The van der Waals surface area contributed by atoms with E-state index in [2.05, 4.69) is 11.9 Å². The topological polar surface area (TPSA) is 29.1 Å². The number of allylic oxidation sites excluding steroid dienone is 1. The first kappa shape index (κ1) is 9.52. The van der Waals surface area contributed by atoms with Gasteiger partial charge in [0, 0.05) is 6.54 Å². The summed E-state index contributed by atoms with van der Waals surface area (Å²) in [5, 5.41) is 2.49. The van der Waals surface area contributed by atoms with Gasteiger partial charge in [-0.3, -0.25) is 4.79 Å². The number of hydrogen-bond donors (Lipinski definition) is 1. The Bertz CT molecular complexity index is 277. The van der Waals surface area contributed by atoms with Crippen molar-refractivity contribution in [3.8, 4) is 0 Å². The lowest BCUT2D eigenvalue weighted by Crippen LogP contribution is -2.09. The summed E-state index contributed by atoms with van der Waals surface area (Å²) >= 11 is 0. The first-order valence-corrected chi connectivity index (χ1v) is 4.15. The Balaban J connectivity index is 2.58. The molecule has 1 aromatic carbocycles. The van der Waals surface area contributed by atoms with Crippen LogP contribution >= 0.6 is 0 Å². The number of hydrogen-bond acceptors (Lipinski definition) is 1. The number of benzene rings is 1. The van der Waals surface area contributed by atoms with Crippen LogP contribution in [0.1, 0.15) is 11.1 Å². The van der Waals surface area contributed by atoms with Crippen molar-refractivity contribution < 1.29 is 4.79 Å². The zero-order valence-corrected chi connectivity index (χ0v) is 7.42. The highest BCUT2D eigenvalue weighted by Crippen LogP contribution is 2.04. The maximum absolute atomic E-state index is 9.90. The lowest BCUT2D eigenvalue weighted by molar-refractivity contribution is 0.542. The van der Waals surface area contributed by atoms with Gasteiger partial charge in [-0.15, -0.1) is 6.58 Å². The number of rotatable bonds is 5. The summed E-state index contributed by atoms with van der Waals surface area (Å²) < 4.78 is 0. The van der Waals surface area contributed by atoms with E-state index in [1.54, 1.807) is 6.41 Å². The van der Waals surface area contributed by atoms with E-state index >= 15 is 0 Å². The van der Waals surface area contributed by atoms with Crippen molar-refractivity contribution in [1.82, 2.24) is 5.32 Å². The van der Waals surface area contributed by atoms with E-state index in [9.17, 15) is 4.79 Å². The molecule has 0 bridgehead atoms. The van der Waals surface area contributed by atoms with E-state index in [0.29, 0.717) is 6.54 Å². The van der Waals surface area contributed by atoms with Gasteiger partial charge in [0.2, 0.25) is 0 Å². The molecule has 2 nitrogen and oxygen atoms in total. The molecule has 1 N–H and O–H groups in total. The fraction of sp³-hybridized carbons (Fsp3) is 0.182. The summed E-state index contributed by atoms with van der Waals surface area (Å²) in [4.78, 5) is 9.90. The summed E-state index contributed by atoms with van der Waals surface area (Å²) in [5.41, 5.74) is 2.31. The smallest absolute Gasteiger partial charge is 0.309 e. The minimum absolute atomic E-state index is 0.540. The van der Waals surface area contributed by atoms with E-state index in [4.69, 9.17) is 0 Å². The second-order valence-electron chi connectivity index (χ2n) is 2.76. The summed E-state index contributed by atoms with van der Waals surface area (Å²) in [6.45, 7) is 4.20. The summed E-state index contributed by atoms with van der Waals surface area (Å²) in [5.74, 6) is 0. The van der Waals surface area contributed by atoms with Crippen molar-refractivity contribution >= 4 is 6.41 Å². The van der Waals surface area contributed by atoms with E-state index < -0.39 is 0 Å². The van der Waals surface area contributed by atoms with Crippen LogP contribution < -0.4 is 5.32 Å². The molecule has 0 atom stereocenters. The van der Waals surface area contributed by atoms with Crippen molar-refractivity contribution in [3.05, 3.63) is 48.0 Å². The maximum atomic E-state index is 9.90. The van der Waals surface area contributed by atoms with Gasteiger partial charge in [0.05, 0.1) is 0 Å². The van der Waals surface area contributed by atoms with Crippen LogP contribution in [0.2, 0.25) is 0 Å². The zero-order chi connectivity index (χ0) is 9.52. The van der Waals surface area contributed by atoms with Crippen LogP contribution in [0.15, 0.2) is 36.9 Å². The van der Waals surface area contributed by atoms with Crippen molar-refractivity contribution in [1.29, 1.82) is 0 Å². The van der Waals surface area contributed by atoms with Gasteiger partial charge in [-0.1, -0.05) is 30.3 Å². The molecule has 67 valence electrons. The quantitative estimate of drug-likeness (QED) is 0.533. The van der Waals surface area contributed by atoms with E-state index in [-0.39, 0.29) is 0 Å². The Labute approximate surface area is 78.3 Å². The molecule has 0 aliphatic rings. The molecule has 0 aliphatic heterocycles. The fourth-order valence-electron chi connectivity index (χ4n) is 1.10.